The van der Waals surface area contributed by atoms with Crippen LogP contribution in [0.2, 0.25) is 10.0 Å². The Hall–Kier alpha value is -2.54. The van der Waals surface area contributed by atoms with E-state index in [0.717, 1.165) is 36.8 Å². The summed E-state index contributed by atoms with van der Waals surface area (Å²) in [5.74, 6) is -0.450. The molecule has 3 aromatic rings. The zero-order valence-electron chi connectivity index (χ0n) is 20.5. The number of piperidine rings is 2. The van der Waals surface area contributed by atoms with E-state index in [1.165, 1.54) is 19.3 Å². The van der Waals surface area contributed by atoms with Crippen LogP contribution < -0.4 is 4.74 Å². The monoisotopic (exact) mass is 527 g/mol. The molecule has 0 spiro atoms. The standard InChI is InChI=1S/C28H31Cl2N3O3/c1-31-23-8-4-3-7-21(23)26(24(31)18-36-25-10-9-19(29)17-22(25)30)27(34)28(35)33-15-11-20(12-16-33)32-13-5-2-6-14-32/h3-4,7-10,17,20H,2,5-6,11-16,18H2,1H3. The summed E-state index contributed by atoms with van der Waals surface area (Å²) in [6, 6.07) is 13.2. The van der Waals surface area contributed by atoms with Crippen molar-refractivity contribution in [3.8, 4) is 5.75 Å². The zero-order chi connectivity index (χ0) is 25.2. The topological polar surface area (TPSA) is 54.8 Å². The smallest absolute Gasteiger partial charge is 0.295 e. The fraction of sp³-hybridized carbons (Fsp3) is 0.429. The number of nitrogens with zero attached hydrogens (tertiary/aromatic N) is 3. The molecule has 0 saturated carbocycles. The number of carbonyl (C=O) groups is 2. The van der Waals surface area contributed by atoms with Crippen LogP contribution >= 0.6 is 23.2 Å². The lowest BCUT2D eigenvalue weighted by Gasteiger charge is -2.40. The molecule has 0 unspecified atom stereocenters. The molecule has 36 heavy (non-hydrogen) atoms. The molecular weight excluding hydrogens is 497 g/mol. The largest absolute Gasteiger partial charge is 0.486 e. The molecule has 190 valence electrons. The molecule has 2 aromatic carbocycles. The fourth-order valence-corrected chi connectivity index (χ4v) is 6.04. The summed E-state index contributed by atoms with van der Waals surface area (Å²) >= 11 is 12.3. The van der Waals surface area contributed by atoms with Crippen molar-refractivity contribution in [2.75, 3.05) is 26.2 Å². The van der Waals surface area contributed by atoms with Gasteiger partial charge in [0.15, 0.2) is 0 Å². The molecule has 6 nitrogen and oxygen atoms in total. The van der Waals surface area contributed by atoms with Gasteiger partial charge in [-0.05, 0) is 63.0 Å². The molecule has 1 amide bonds. The third-order valence-electron chi connectivity index (χ3n) is 7.57. The highest BCUT2D eigenvalue weighted by Gasteiger charge is 2.33. The molecule has 8 heteroatoms. The van der Waals surface area contributed by atoms with Gasteiger partial charge in [0.05, 0.1) is 16.3 Å². The third kappa shape index (κ3) is 4.99. The third-order valence-corrected chi connectivity index (χ3v) is 8.10. The summed E-state index contributed by atoms with van der Waals surface area (Å²) in [6.45, 7) is 3.62. The number of aromatic nitrogens is 1. The predicted molar refractivity (Wildman–Crippen MR) is 143 cm³/mol. The molecule has 2 fully saturated rings. The highest BCUT2D eigenvalue weighted by molar-refractivity contribution is 6.45. The molecular formula is C28H31Cl2N3O3. The van der Waals surface area contributed by atoms with Gasteiger partial charge >= 0.3 is 0 Å². The number of fused-ring (bicyclic) bond motifs is 1. The highest BCUT2D eigenvalue weighted by Crippen LogP contribution is 2.31. The van der Waals surface area contributed by atoms with Gasteiger partial charge in [0.25, 0.3) is 11.7 Å². The van der Waals surface area contributed by atoms with Gasteiger partial charge in [0.2, 0.25) is 0 Å². The van der Waals surface area contributed by atoms with Gasteiger partial charge in [-0.2, -0.15) is 0 Å². The van der Waals surface area contributed by atoms with Crippen LogP contribution in [-0.4, -0.2) is 58.3 Å². The van der Waals surface area contributed by atoms with Gasteiger partial charge in [-0.25, -0.2) is 0 Å². The van der Waals surface area contributed by atoms with Crippen LogP contribution in [0, 0.1) is 0 Å². The summed E-state index contributed by atoms with van der Waals surface area (Å²) in [4.78, 5) is 31.4. The van der Waals surface area contributed by atoms with Gasteiger partial charge in [-0.3, -0.25) is 9.59 Å². The number of amides is 1. The van der Waals surface area contributed by atoms with Crippen LogP contribution in [0.25, 0.3) is 10.9 Å². The number of para-hydroxylation sites is 1. The average Bonchev–Trinajstić information content (AvgIpc) is 3.19. The number of halogens is 2. The maximum Gasteiger partial charge on any atom is 0.295 e. The van der Waals surface area contributed by atoms with Crippen LogP contribution in [0.5, 0.6) is 5.75 Å². The summed E-state index contributed by atoms with van der Waals surface area (Å²) in [6.07, 6.45) is 5.65. The second-order valence-corrected chi connectivity index (χ2v) is 10.6. The Balaban J connectivity index is 1.36. The van der Waals surface area contributed by atoms with Gasteiger partial charge in [0, 0.05) is 42.1 Å². The maximum atomic E-state index is 13.7. The lowest BCUT2D eigenvalue weighted by Crippen LogP contribution is -2.49. The number of Topliss-reactive ketones (excluding diaryl/α,β-unsaturated/α-hetero) is 1. The zero-order valence-corrected chi connectivity index (χ0v) is 22.0. The number of likely N-dealkylation sites (tertiary alicyclic amines) is 2. The average molecular weight is 528 g/mol. The lowest BCUT2D eigenvalue weighted by molar-refractivity contribution is -0.128. The van der Waals surface area contributed by atoms with Crippen LogP contribution in [0.1, 0.15) is 48.2 Å². The van der Waals surface area contributed by atoms with E-state index in [1.807, 2.05) is 35.9 Å². The summed E-state index contributed by atoms with van der Waals surface area (Å²) in [5, 5.41) is 1.66. The minimum atomic E-state index is -0.482. The van der Waals surface area contributed by atoms with Crippen molar-refractivity contribution in [2.24, 2.45) is 7.05 Å². The molecule has 3 heterocycles. The quantitative estimate of drug-likeness (QED) is 0.303. The fourth-order valence-electron chi connectivity index (χ4n) is 5.57. The van der Waals surface area contributed by atoms with Crippen molar-refractivity contribution in [1.29, 1.82) is 0 Å². The molecule has 2 saturated heterocycles. The van der Waals surface area contributed by atoms with Crippen LogP contribution in [0.4, 0.5) is 0 Å². The molecule has 1 aromatic heterocycles. The van der Waals surface area contributed by atoms with Crippen LogP contribution in [0.15, 0.2) is 42.5 Å². The van der Waals surface area contributed by atoms with Gasteiger partial charge in [-0.1, -0.05) is 47.8 Å². The Morgan fingerprint density at radius 2 is 1.69 bits per heavy atom. The number of ketones is 1. The number of hydrogen-bond donors (Lipinski definition) is 0. The van der Waals surface area contributed by atoms with Crippen molar-refractivity contribution < 1.29 is 14.3 Å². The van der Waals surface area contributed by atoms with Crippen molar-refractivity contribution >= 4 is 45.8 Å². The molecule has 0 radical (unpaired) electrons. The first kappa shape index (κ1) is 25.1. The van der Waals surface area contributed by atoms with Gasteiger partial charge < -0.3 is 19.1 Å². The van der Waals surface area contributed by atoms with Crippen molar-refractivity contribution in [3.05, 3.63) is 63.8 Å². The van der Waals surface area contributed by atoms with E-state index in [1.54, 1.807) is 23.1 Å². The molecule has 0 bridgehead atoms. The van der Waals surface area contributed by atoms with E-state index in [-0.39, 0.29) is 6.61 Å². The van der Waals surface area contributed by atoms with Crippen LogP contribution in [0.3, 0.4) is 0 Å². The van der Waals surface area contributed by atoms with Crippen LogP contribution in [-0.2, 0) is 18.4 Å². The maximum absolute atomic E-state index is 13.7. The van der Waals surface area contributed by atoms with Gasteiger partial charge in [0.1, 0.15) is 12.4 Å². The molecule has 0 atom stereocenters. The number of hydrogen-bond acceptors (Lipinski definition) is 4. The summed E-state index contributed by atoms with van der Waals surface area (Å²) in [5.41, 5.74) is 1.92. The summed E-state index contributed by atoms with van der Waals surface area (Å²) < 4.78 is 7.91. The van der Waals surface area contributed by atoms with Gasteiger partial charge in [-0.15, -0.1) is 0 Å². The highest BCUT2D eigenvalue weighted by atomic mass is 35.5. The molecule has 0 aliphatic carbocycles. The van der Waals surface area contributed by atoms with E-state index < -0.39 is 11.7 Å². The van der Waals surface area contributed by atoms with Crippen molar-refractivity contribution in [1.82, 2.24) is 14.4 Å². The SMILES string of the molecule is Cn1c(COc2ccc(Cl)cc2Cl)c(C(=O)C(=O)N2CCC(N3CCCCC3)CC2)c2ccccc21. The van der Waals surface area contributed by atoms with E-state index >= 15 is 0 Å². The Bertz CT molecular complexity index is 1270. The lowest BCUT2D eigenvalue weighted by atomic mass is 9.98. The van der Waals surface area contributed by atoms with Crippen molar-refractivity contribution in [2.45, 2.75) is 44.8 Å². The molecule has 5 rings (SSSR count). The Labute approximate surface area is 221 Å². The van der Waals surface area contributed by atoms with E-state index in [0.29, 0.717) is 46.2 Å². The van der Waals surface area contributed by atoms with Crippen molar-refractivity contribution in [3.63, 3.8) is 0 Å². The predicted octanol–water partition coefficient (Wildman–Crippen LogP) is 5.72. The molecule has 2 aliphatic rings. The Kier molecular flexibility index (Phi) is 7.56. The Morgan fingerprint density at radius 3 is 2.42 bits per heavy atom. The Morgan fingerprint density at radius 1 is 0.972 bits per heavy atom. The minimum Gasteiger partial charge on any atom is -0.486 e. The first-order valence-corrected chi connectivity index (χ1v) is 13.4. The number of ether oxygens (including phenoxy) is 1. The number of rotatable bonds is 6. The molecule has 0 N–H and O–H groups in total. The van der Waals surface area contributed by atoms with E-state index in [9.17, 15) is 9.59 Å². The minimum absolute atomic E-state index is 0.0952. The number of carbonyl (C=O) groups excluding carboxylic acids is 2. The normalized spacial score (nSPS) is 17.5. The summed E-state index contributed by atoms with van der Waals surface area (Å²) in [7, 11) is 1.88. The first-order chi connectivity index (χ1) is 17.4. The number of aryl methyl sites for hydroxylation is 1. The van der Waals surface area contributed by atoms with E-state index in [4.69, 9.17) is 27.9 Å². The first-order valence-electron chi connectivity index (χ1n) is 12.7. The number of benzene rings is 2. The second-order valence-electron chi connectivity index (χ2n) is 9.71. The van der Waals surface area contributed by atoms with E-state index in [2.05, 4.69) is 4.90 Å². The molecule has 2 aliphatic heterocycles. The second kappa shape index (κ2) is 10.8.